The summed E-state index contributed by atoms with van der Waals surface area (Å²) in [7, 11) is 0. The van der Waals surface area contributed by atoms with Crippen molar-refractivity contribution >= 4 is 17.6 Å². The molecule has 1 aliphatic heterocycles. The van der Waals surface area contributed by atoms with E-state index in [0.29, 0.717) is 6.07 Å². The summed E-state index contributed by atoms with van der Waals surface area (Å²) in [6.07, 6.45) is -17.4. The normalized spacial score (nSPS) is 19.3. The average molecular weight is 665 g/mol. The fourth-order valence-corrected chi connectivity index (χ4v) is 4.57. The van der Waals surface area contributed by atoms with Crippen LogP contribution >= 0.6 is 0 Å². The Hall–Kier alpha value is -4.15. The SMILES string of the molecule is CC(C)(C)OC(=O)Nc1cc(C(F)(F)F)c2nc1-c1nnc(o1)C(OCc1ccccc1)(C(F)(F)F)CCC(F)(F)CCCC2=O. The molecule has 0 saturated heterocycles. The highest BCUT2D eigenvalue weighted by molar-refractivity contribution is 5.98. The number of Topliss-reactive ketones (excluding diaryl/α,β-unsaturated/α-hetero) is 1. The summed E-state index contributed by atoms with van der Waals surface area (Å²) in [6, 6.07) is 7.78. The Morgan fingerprint density at radius 2 is 1.65 bits per heavy atom. The second-order valence-electron chi connectivity index (χ2n) is 11.5. The third-order valence-corrected chi connectivity index (χ3v) is 6.78. The summed E-state index contributed by atoms with van der Waals surface area (Å²) in [4.78, 5) is 29.2. The Morgan fingerprint density at radius 3 is 2.26 bits per heavy atom. The third kappa shape index (κ3) is 7.97. The second kappa shape index (κ2) is 12.6. The molecule has 17 heteroatoms. The number of ether oxygens (including phenoxy) is 2. The number of aromatic nitrogens is 3. The van der Waals surface area contributed by atoms with E-state index in [-0.39, 0.29) is 5.56 Å². The summed E-state index contributed by atoms with van der Waals surface area (Å²) in [6.45, 7) is 3.64. The van der Waals surface area contributed by atoms with Crippen LogP contribution in [0.3, 0.4) is 0 Å². The van der Waals surface area contributed by atoms with Crippen molar-refractivity contribution < 1.29 is 58.6 Å². The molecule has 3 aromatic rings. The first-order valence-electron chi connectivity index (χ1n) is 13.8. The van der Waals surface area contributed by atoms with Crippen LogP contribution in [0.1, 0.15) is 80.4 Å². The van der Waals surface area contributed by atoms with Crippen LogP contribution in [0.4, 0.5) is 45.6 Å². The van der Waals surface area contributed by atoms with Gasteiger partial charge in [0.25, 0.3) is 11.8 Å². The molecule has 2 aromatic heterocycles. The number of ketones is 1. The van der Waals surface area contributed by atoms with Crippen LogP contribution in [-0.2, 0) is 27.9 Å². The number of pyridine rings is 1. The highest BCUT2D eigenvalue weighted by atomic mass is 19.4. The molecule has 9 nitrogen and oxygen atoms in total. The maximum Gasteiger partial charge on any atom is 0.426 e. The van der Waals surface area contributed by atoms with Gasteiger partial charge in [-0.15, -0.1) is 10.2 Å². The van der Waals surface area contributed by atoms with E-state index in [1.165, 1.54) is 45.0 Å². The number of amides is 1. The lowest BCUT2D eigenvalue weighted by molar-refractivity contribution is -0.302. The van der Waals surface area contributed by atoms with Crippen molar-refractivity contribution in [3.63, 3.8) is 0 Å². The number of hydrogen-bond donors (Lipinski definition) is 1. The molecule has 4 rings (SSSR count). The number of carbonyl (C=O) groups is 2. The minimum Gasteiger partial charge on any atom is -0.444 e. The van der Waals surface area contributed by atoms with Gasteiger partial charge in [0.05, 0.1) is 17.9 Å². The van der Waals surface area contributed by atoms with Gasteiger partial charge in [0.15, 0.2) is 11.5 Å². The van der Waals surface area contributed by atoms with Gasteiger partial charge < -0.3 is 13.9 Å². The van der Waals surface area contributed by atoms with Crippen molar-refractivity contribution in [2.24, 2.45) is 0 Å². The summed E-state index contributed by atoms with van der Waals surface area (Å²) >= 11 is 0. The fourth-order valence-electron chi connectivity index (χ4n) is 4.57. The molecule has 0 saturated carbocycles. The van der Waals surface area contributed by atoms with Crippen molar-refractivity contribution in [2.45, 2.75) is 89.0 Å². The molecule has 46 heavy (non-hydrogen) atoms. The number of rotatable bonds is 4. The Bertz CT molecular complexity index is 1570. The molecule has 3 heterocycles. The summed E-state index contributed by atoms with van der Waals surface area (Å²) in [5.74, 6) is -7.41. The minimum absolute atomic E-state index is 0.244. The van der Waals surface area contributed by atoms with Gasteiger partial charge in [-0.3, -0.25) is 10.1 Å². The lowest BCUT2D eigenvalue weighted by atomic mass is 9.92. The molecule has 1 unspecified atom stereocenters. The first-order valence-corrected chi connectivity index (χ1v) is 13.8. The van der Waals surface area contributed by atoms with Gasteiger partial charge in [0.1, 0.15) is 11.3 Å². The smallest absolute Gasteiger partial charge is 0.426 e. The topological polar surface area (TPSA) is 116 Å². The molecule has 1 aromatic carbocycles. The molecule has 1 atom stereocenters. The van der Waals surface area contributed by atoms with E-state index in [9.17, 15) is 44.7 Å². The molecule has 0 fully saturated rings. The van der Waals surface area contributed by atoms with Crippen molar-refractivity contribution in [1.82, 2.24) is 15.2 Å². The van der Waals surface area contributed by atoms with Crippen molar-refractivity contribution in [3.05, 3.63) is 59.1 Å². The largest absolute Gasteiger partial charge is 0.444 e. The molecule has 1 aliphatic rings. The zero-order chi connectivity index (χ0) is 34.1. The Morgan fingerprint density at radius 1 is 0.978 bits per heavy atom. The van der Waals surface area contributed by atoms with E-state index >= 15 is 0 Å². The van der Waals surface area contributed by atoms with Crippen LogP contribution in [-0.4, -0.2) is 44.8 Å². The molecule has 4 bridgehead atoms. The molecular weight excluding hydrogens is 636 g/mol. The van der Waals surface area contributed by atoms with E-state index in [0.717, 1.165) is 0 Å². The summed E-state index contributed by atoms with van der Waals surface area (Å²) in [5.41, 5.74) is -8.99. The minimum atomic E-state index is -5.43. The first kappa shape index (κ1) is 34.7. The number of nitrogens with zero attached hydrogens (tertiary/aromatic N) is 3. The third-order valence-electron chi connectivity index (χ3n) is 6.78. The van der Waals surface area contributed by atoms with E-state index < -0.39 is 114 Å². The van der Waals surface area contributed by atoms with Gasteiger partial charge in [-0.25, -0.2) is 18.6 Å². The average Bonchev–Trinajstić information content (AvgIpc) is 3.41. The number of fused-ring (bicyclic) bond motifs is 5. The number of alkyl halides is 8. The number of benzene rings is 1. The van der Waals surface area contributed by atoms with Crippen LogP contribution in [0.15, 0.2) is 40.8 Å². The lowest BCUT2D eigenvalue weighted by Crippen LogP contribution is -2.46. The van der Waals surface area contributed by atoms with Crippen LogP contribution in [0.5, 0.6) is 0 Å². The zero-order valence-electron chi connectivity index (χ0n) is 24.6. The monoisotopic (exact) mass is 664 g/mol. The predicted octanol–water partition coefficient (Wildman–Crippen LogP) is 8.25. The fraction of sp³-hybridized carbons (Fsp3) is 0.483. The highest BCUT2D eigenvalue weighted by Crippen LogP contribution is 2.49. The Kier molecular flexibility index (Phi) is 9.48. The number of hydrogen-bond acceptors (Lipinski definition) is 8. The van der Waals surface area contributed by atoms with Gasteiger partial charge in [0.2, 0.25) is 11.5 Å². The van der Waals surface area contributed by atoms with Gasteiger partial charge in [-0.05, 0) is 38.8 Å². The number of nitrogens with one attached hydrogen (secondary N) is 1. The maximum absolute atomic E-state index is 14.9. The zero-order valence-corrected chi connectivity index (χ0v) is 24.6. The number of halogens is 8. The molecule has 1 N–H and O–H groups in total. The highest BCUT2D eigenvalue weighted by Gasteiger charge is 2.62. The van der Waals surface area contributed by atoms with Crippen LogP contribution < -0.4 is 5.32 Å². The standard InChI is InChI=1S/C29H28F8N4O5/c1-25(2,3)46-24(43)38-18-14-17(28(32,33)34)20-19(42)10-7-11-26(30,31)12-13-27(29(35,36)37,44-15-16-8-5-4-6-9-16)23-41-40-22(45-23)21(18)39-20/h4-6,8-9,14H,7,10-13,15H2,1-3H3,(H,38,43). The molecule has 250 valence electrons. The summed E-state index contributed by atoms with van der Waals surface area (Å²) < 4.78 is 133. The molecule has 0 radical (unpaired) electrons. The van der Waals surface area contributed by atoms with Gasteiger partial charge >= 0.3 is 18.4 Å². The van der Waals surface area contributed by atoms with Gasteiger partial charge in [-0.1, -0.05) is 30.3 Å². The predicted molar refractivity (Wildman–Crippen MR) is 144 cm³/mol. The van der Waals surface area contributed by atoms with E-state index in [1.54, 1.807) is 6.07 Å². The van der Waals surface area contributed by atoms with Crippen LogP contribution in [0, 0.1) is 0 Å². The Labute approximate surface area is 256 Å². The van der Waals surface area contributed by atoms with Gasteiger partial charge in [-0.2, -0.15) is 26.3 Å². The van der Waals surface area contributed by atoms with Gasteiger partial charge in [0, 0.05) is 25.7 Å². The van der Waals surface area contributed by atoms with Crippen LogP contribution in [0.25, 0.3) is 11.6 Å². The van der Waals surface area contributed by atoms with E-state index in [2.05, 4.69) is 15.2 Å². The quantitative estimate of drug-likeness (QED) is 0.277. The summed E-state index contributed by atoms with van der Waals surface area (Å²) in [5, 5.41) is 8.96. The molecule has 0 aliphatic carbocycles. The van der Waals surface area contributed by atoms with Crippen molar-refractivity contribution in [1.29, 1.82) is 0 Å². The Balaban J connectivity index is 1.94. The van der Waals surface area contributed by atoms with E-state index in [1.807, 2.05) is 5.32 Å². The van der Waals surface area contributed by atoms with Crippen molar-refractivity contribution in [3.8, 4) is 11.6 Å². The second-order valence-corrected chi connectivity index (χ2v) is 11.5. The number of carbonyl (C=O) groups excluding carboxylic acids is 2. The lowest BCUT2D eigenvalue weighted by Gasteiger charge is -2.33. The number of anilines is 1. The maximum atomic E-state index is 14.9. The van der Waals surface area contributed by atoms with Crippen molar-refractivity contribution in [2.75, 3.05) is 5.32 Å². The molecule has 0 spiro atoms. The molecular formula is C29H28F8N4O5. The van der Waals surface area contributed by atoms with Crippen LogP contribution in [0.2, 0.25) is 0 Å². The first-order chi connectivity index (χ1) is 21.2. The van der Waals surface area contributed by atoms with E-state index in [4.69, 9.17) is 13.9 Å². The molecule has 1 amide bonds.